The molecule has 152 valence electrons. The van der Waals surface area contributed by atoms with Gasteiger partial charge in [0.05, 0.1) is 5.92 Å². The summed E-state index contributed by atoms with van der Waals surface area (Å²) in [5.74, 6) is 0.879. The zero-order valence-electron chi connectivity index (χ0n) is 17.1. The van der Waals surface area contributed by atoms with E-state index in [9.17, 15) is 4.79 Å². The molecule has 0 bridgehead atoms. The van der Waals surface area contributed by atoms with Crippen molar-refractivity contribution in [3.05, 3.63) is 24.3 Å². The molecule has 0 saturated carbocycles. The van der Waals surface area contributed by atoms with E-state index in [2.05, 4.69) is 33.9 Å². The van der Waals surface area contributed by atoms with Crippen molar-refractivity contribution in [2.75, 3.05) is 37.6 Å². The van der Waals surface area contributed by atoms with Crippen LogP contribution in [0, 0.1) is 11.8 Å². The lowest BCUT2D eigenvalue weighted by Gasteiger charge is -2.41. The summed E-state index contributed by atoms with van der Waals surface area (Å²) in [5, 5.41) is 3.12. The zero-order chi connectivity index (χ0) is 19.5. The number of piperidine rings is 2. The molecular formula is C22H32N4O2. The maximum Gasteiger partial charge on any atom is 0.298 e. The first-order chi connectivity index (χ1) is 13.6. The highest BCUT2D eigenvalue weighted by Gasteiger charge is 2.32. The molecule has 1 unspecified atom stereocenters. The van der Waals surface area contributed by atoms with Crippen LogP contribution in [0.1, 0.15) is 39.5 Å². The minimum Gasteiger partial charge on any atom is -0.423 e. The molecule has 0 radical (unpaired) electrons. The number of nitrogens with one attached hydrogen (secondary N) is 1. The molecule has 2 aliphatic heterocycles. The Morgan fingerprint density at radius 1 is 1.21 bits per heavy atom. The standard InChI is InChI=1S/C22H32N4O2/c1-16(2)14-23-21(27)17-6-5-11-26(15-17)18-9-12-25(13-10-18)22-24-19-7-3-4-8-20(19)28-22/h3-4,7-8,16-18H,5-6,9-15H2,1-2H3,(H,23,27). The second-order valence-corrected chi connectivity index (χ2v) is 8.66. The van der Waals surface area contributed by atoms with Gasteiger partial charge in [-0.3, -0.25) is 9.69 Å². The normalized spacial score (nSPS) is 22.1. The van der Waals surface area contributed by atoms with Gasteiger partial charge in [-0.15, -0.1) is 0 Å². The Morgan fingerprint density at radius 2 is 2.00 bits per heavy atom. The van der Waals surface area contributed by atoms with Crippen molar-refractivity contribution < 1.29 is 9.21 Å². The smallest absolute Gasteiger partial charge is 0.298 e. The number of carbonyl (C=O) groups is 1. The quantitative estimate of drug-likeness (QED) is 0.857. The number of aromatic nitrogens is 1. The van der Waals surface area contributed by atoms with E-state index in [1.54, 1.807) is 0 Å². The summed E-state index contributed by atoms with van der Waals surface area (Å²) in [5.41, 5.74) is 1.77. The number of carbonyl (C=O) groups excluding carboxylic acids is 1. The highest BCUT2D eigenvalue weighted by atomic mass is 16.4. The number of likely N-dealkylation sites (tertiary alicyclic amines) is 1. The topological polar surface area (TPSA) is 61.6 Å². The van der Waals surface area contributed by atoms with Gasteiger partial charge in [-0.25, -0.2) is 0 Å². The molecule has 1 amide bonds. The van der Waals surface area contributed by atoms with Crippen LogP contribution in [0.3, 0.4) is 0 Å². The number of fused-ring (bicyclic) bond motifs is 1. The summed E-state index contributed by atoms with van der Waals surface area (Å²) in [7, 11) is 0. The van der Waals surface area contributed by atoms with Gasteiger partial charge in [0.25, 0.3) is 6.01 Å². The van der Waals surface area contributed by atoms with Crippen LogP contribution in [-0.2, 0) is 4.79 Å². The average Bonchev–Trinajstić information content (AvgIpc) is 3.16. The first kappa shape index (κ1) is 19.2. The highest BCUT2D eigenvalue weighted by Crippen LogP contribution is 2.28. The molecule has 1 aromatic carbocycles. The summed E-state index contributed by atoms with van der Waals surface area (Å²) >= 11 is 0. The number of benzene rings is 1. The Labute approximate surface area is 167 Å². The number of amides is 1. The van der Waals surface area contributed by atoms with Crippen LogP contribution in [0.4, 0.5) is 6.01 Å². The number of oxazole rings is 1. The van der Waals surface area contributed by atoms with E-state index in [1.165, 1.54) is 0 Å². The largest absolute Gasteiger partial charge is 0.423 e. The summed E-state index contributed by atoms with van der Waals surface area (Å²) in [6.07, 6.45) is 4.32. The first-order valence-corrected chi connectivity index (χ1v) is 10.7. The number of anilines is 1. The van der Waals surface area contributed by atoms with Crippen molar-refractivity contribution in [3.8, 4) is 0 Å². The third-order valence-electron chi connectivity index (χ3n) is 6.04. The van der Waals surface area contributed by atoms with Crippen LogP contribution >= 0.6 is 0 Å². The lowest BCUT2D eigenvalue weighted by atomic mass is 9.93. The van der Waals surface area contributed by atoms with Crippen molar-refractivity contribution in [2.24, 2.45) is 11.8 Å². The Kier molecular flexibility index (Phi) is 5.85. The first-order valence-electron chi connectivity index (χ1n) is 10.7. The van der Waals surface area contributed by atoms with E-state index in [-0.39, 0.29) is 11.8 Å². The van der Waals surface area contributed by atoms with E-state index in [0.29, 0.717) is 12.0 Å². The Hall–Kier alpha value is -2.08. The average molecular weight is 385 g/mol. The van der Waals surface area contributed by atoms with Gasteiger partial charge in [-0.1, -0.05) is 26.0 Å². The predicted octanol–water partition coefficient (Wildman–Crippen LogP) is 3.28. The molecule has 4 rings (SSSR count). The zero-order valence-corrected chi connectivity index (χ0v) is 17.1. The number of nitrogens with zero attached hydrogens (tertiary/aromatic N) is 3. The van der Waals surface area contributed by atoms with Gasteiger partial charge in [0.2, 0.25) is 5.91 Å². The number of hydrogen-bond donors (Lipinski definition) is 1. The van der Waals surface area contributed by atoms with Gasteiger partial charge in [0, 0.05) is 32.2 Å². The molecule has 1 atom stereocenters. The second-order valence-electron chi connectivity index (χ2n) is 8.66. The number of para-hydroxylation sites is 2. The van der Waals surface area contributed by atoms with E-state index in [4.69, 9.17) is 4.42 Å². The van der Waals surface area contributed by atoms with Crippen LogP contribution in [-0.4, -0.2) is 54.6 Å². The Morgan fingerprint density at radius 3 is 2.75 bits per heavy atom. The maximum atomic E-state index is 12.5. The highest BCUT2D eigenvalue weighted by molar-refractivity contribution is 5.79. The fraction of sp³-hybridized carbons (Fsp3) is 0.636. The van der Waals surface area contributed by atoms with Gasteiger partial charge < -0.3 is 14.6 Å². The maximum absolute atomic E-state index is 12.5. The summed E-state index contributed by atoms with van der Waals surface area (Å²) < 4.78 is 5.93. The fourth-order valence-corrected chi connectivity index (χ4v) is 4.42. The fourth-order valence-electron chi connectivity index (χ4n) is 4.42. The minimum absolute atomic E-state index is 0.141. The van der Waals surface area contributed by atoms with Gasteiger partial charge in [-0.2, -0.15) is 4.98 Å². The van der Waals surface area contributed by atoms with Crippen LogP contribution in [0.2, 0.25) is 0 Å². The number of rotatable bonds is 5. The summed E-state index contributed by atoms with van der Waals surface area (Å²) in [4.78, 5) is 21.9. The van der Waals surface area contributed by atoms with Crippen LogP contribution in [0.5, 0.6) is 0 Å². The third-order valence-corrected chi connectivity index (χ3v) is 6.04. The Balaban J connectivity index is 1.31. The van der Waals surface area contributed by atoms with Crippen LogP contribution < -0.4 is 10.2 Å². The van der Waals surface area contributed by atoms with Gasteiger partial charge in [0.1, 0.15) is 5.52 Å². The van der Waals surface area contributed by atoms with Gasteiger partial charge in [-0.05, 0) is 50.3 Å². The van der Waals surface area contributed by atoms with Crippen molar-refractivity contribution in [1.29, 1.82) is 0 Å². The van der Waals surface area contributed by atoms with Crippen molar-refractivity contribution in [1.82, 2.24) is 15.2 Å². The van der Waals surface area contributed by atoms with Gasteiger partial charge >= 0.3 is 0 Å². The Bertz CT molecular complexity index is 762. The summed E-state index contributed by atoms with van der Waals surface area (Å²) in [6, 6.07) is 9.23. The molecule has 2 aliphatic rings. The molecule has 0 spiro atoms. The van der Waals surface area contributed by atoms with E-state index in [1.807, 2.05) is 24.3 Å². The predicted molar refractivity (Wildman–Crippen MR) is 111 cm³/mol. The van der Waals surface area contributed by atoms with Crippen molar-refractivity contribution >= 4 is 23.0 Å². The van der Waals surface area contributed by atoms with Crippen LogP contribution in [0.15, 0.2) is 28.7 Å². The van der Waals surface area contributed by atoms with E-state index in [0.717, 1.165) is 75.5 Å². The molecule has 2 saturated heterocycles. The lowest BCUT2D eigenvalue weighted by Crippen LogP contribution is -2.51. The molecular weight excluding hydrogens is 352 g/mol. The molecule has 6 nitrogen and oxygen atoms in total. The molecule has 3 heterocycles. The third kappa shape index (κ3) is 4.32. The number of hydrogen-bond acceptors (Lipinski definition) is 5. The van der Waals surface area contributed by atoms with Gasteiger partial charge in [0.15, 0.2) is 5.58 Å². The minimum atomic E-state index is 0.141. The van der Waals surface area contributed by atoms with Crippen LogP contribution in [0.25, 0.3) is 11.1 Å². The van der Waals surface area contributed by atoms with E-state index < -0.39 is 0 Å². The molecule has 1 N–H and O–H groups in total. The molecule has 0 aliphatic carbocycles. The monoisotopic (exact) mass is 384 g/mol. The molecule has 2 aromatic rings. The van der Waals surface area contributed by atoms with Crippen molar-refractivity contribution in [3.63, 3.8) is 0 Å². The summed E-state index contributed by atoms with van der Waals surface area (Å²) in [6.45, 7) is 8.98. The molecule has 1 aromatic heterocycles. The lowest BCUT2D eigenvalue weighted by molar-refractivity contribution is -0.127. The molecule has 2 fully saturated rings. The van der Waals surface area contributed by atoms with Crippen molar-refractivity contribution in [2.45, 2.75) is 45.6 Å². The molecule has 6 heteroatoms. The SMILES string of the molecule is CC(C)CNC(=O)C1CCCN(C2CCN(c3nc4ccccc4o3)CC2)C1. The molecule has 28 heavy (non-hydrogen) atoms. The van der Waals surface area contributed by atoms with E-state index >= 15 is 0 Å². The second kappa shape index (κ2) is 8.52.